The molecule has 2 aromatic rings. The van der Waals surface area contributed by atoms with Gasteiger partial charge in [-0.15, -0.1) is 0 Å². The van der Waals surface area contributed by atoms with Crippen LogP contribution in [0.5, 0.6) is 5.75 Å². The normalized spacial score (nSPS) is 21.0. The van der Waals surface area contributed by atoms with Gasteiger partial charge in [0, 0.05) is 30.7 Å². The highest BCUT2D eigenvalue weighted by Crippen LogP contribution is 2.46. The van der Waals surface area contributed by atoms with Crippen LogP contribution in [-0.2, 0) is 25.7 Å². The highest BCUT2D eigenvalue weighted by Gasteiger charge is 2.51. The van der Waals surface area contributed by atoms with E-state index in [0.717, 1.165) is 5.56 Å². The highest BCUT2D eigenvalue weighted by molar-refractivity contribution is 5.91. The summed E-state index contributed by atoms with van der Waals surface area (Å²) in [6.07, 6.45) is 0.503. The smallest absolute Gasteiger partial charge is 0.303 e. The van der Waals surface area contributed by atoms with Crippen molar-refractivity contribution < 1.29 is 28.7 Å². The second-order valence-electron chi connectivity index (χ2n) is 8.51. The van der Waals surface area contributed by atoms with Crippen molar-refractivity contribution in [1.82, 2.24) is 4.90 Å². The largest absolute Gasteiger partial charge is 0.491 e. The molecule has 0 N–H and O–H groups in total. The lowest BCUT2D eigenvalue weighted by molar-refractivity contribution is -0.385. The van der Waals surface area contributed by atoms with E-state index in [0.29, 0.717) is 23.7 Å². The van der Waals surface area contributed by atoms with Gasteiger partial charge in [0.2, 0.25) is 0 Å². The molecule has 0 fully saturated rings. The molecular weight excluding hydrogens is 428 g/mol. The van der Waals surface area contributed by atoms with Crippen molar-refractivity contribution in [2.24, 2.45) is 0 Å². The van der Waals surface area contributed by atoms with E-state index in [9.17, 15) is 19.7 Å². The quantitative estimate of drug-likeness (QED) is 0.374. The van der Waals surface area contributed by atoms with Crippen molar-refractivity contribution >= 4 is 17.6 Å². The van der Waals surface area contributed by atoms with Crippen molar-refractivity contribution in [3.63, 3.8) is 0 Å². The molecule has 9 nitrogen and oxygen atoms in total. The number of esters is 1. The number of ether oxygens (including phenoxy) is 3. The summed E-state index contributed by atoms with van der Waals surface area (Å²) < 4.78 is 17.5. The van der Waals surface area contributed by atoms with Crippen LogP contribution in [0.1, 0.15) is 37.9 Å². The summed E-state index contributed by atoms with van der Waals surface area (Å²) >= 11 is 0. The Morgan fingerprint density at radius 3 is 2.64 bits per heavy atom. The van der Waals surface area contributed by atoms with Gasteiger partial charge in [0.05, 0.1) is 11.5 Å². The Morgan fingerprint density at radius 1 is 1.24 bits per heavy atom. The Kier molecular flexibility index (Phi) is 5.80. The lowest BCUT2D eigenvalue weighted by Crippen LogP contribution is -2.55. The third kappa shape index (κ3) is 4.52. The van der Waals surface area contributed by atoms with E-state index in [-0.39, 0.29) is 18.1 Å². The van der Waals surface area contributed by atoms with Gasteiger partial charge in [-0.25, -0.2) is 0 Å². The molecule has 2 aromatic carbocycles. The molecule has 2 aliphatic rings. The van der Waals surface area contributed by atoms with Crippen LogP contribution in [0.15, 0.2) is 60.4 Å². The number of nitrogens with zero attached hydrogens (tertiary/aromatic N) is 2. The molecule has 9 heteroatoms. The Bertz CT molecular complexity index is 1130. The van der Waals surface area contributed by atoms with E-state index in [1.165, 1.54) is 36.1 Å². The molecule has 0 aromatic heterocycles. The van der Waals surface area contributed by atoms with Gasteiger partial charge in [0.25, 0.3) is 11.6 Å². The fourth-order valence-corrected chi connectivity index (χ4v) is 4.16. The van der Waals surface area contributed by atoms with E-state index in [1.807, 2.05) is 30.3 Å². The van der Waals surface area contributed by atoms with Gasteiger partial charge in [0.15, 0.2) is 6.10 Å². The van der Waals surface area contributed by atoms with Crippen LogP contribution >= 0.6 is 0 Å². The van der Waals surface area contributed by atoms with E-state index in [4.69, 9.17) is 14.2 Å². The van der Waals surface area contributed by atoms with Crippen LogP contribution in [0.3, 0.4) is 0 Å². The van der Waals surface area contributed by atoms with Gasteiger partial charge in [-0.3, -0.25) is 19.7 Å². The summed E-state index contributed by atoms with van der Waals surface area (Å²) in [6, 6.07) is 13.0. The maximum atomic E-state index is 13.0. The number of hydrogen-bond donors (Lipinski definition) is 0. The SMILES string of the molecule is CC(=O)O[C@@H]1[C@@H](N2CC(OCc3ccccc3)=CC2=O)c2cc([N+](=O)[O-])ccc2OC1(C)C. The van der Waals surface area contributed by atoms with Crippen molar-refractivity contribution in [2.75, 3.05) is 6.54 Å². The molecule has 2 aliphatic heterocycles. The van der Waals surface area contributed by atoms with Crippen LogP contribution in [0.4, 0.5) is 5.69 Å². The molecule has 2 heterocycles. The minimum Gasteiger partial charge on any atom is -0.491 e. The maximum Gasteiger partial charge on any atom is 0.303 e. The Labute approximate surface area is 190 Å². The molecule has 0 spiro atoms. The molecule has 172 valence electrons. The van der Waals surface area contributed by atoms with Crippen LogP contribution in [0.25, 0.3) is 0 Å². The first kappa shape index (κ1) is 22.3. The number of rotatable bonds is 6. The van der Waals surface area contributed by atoms with E-state index in [1.54, 1.807) is 13.8 Å². The minimum atomic E-state index is -0.993. The van der Waals surface area contributed by atoms with Crippen molar-refractivity contribution in [1.29, 1.82) is 0 Å². The molecule has 0 aliphatic carbocycles. The summed E-state index contributed by atoms with van der Waals surface area (Å²) in [6.45, 7) is 5.20. The van der Waals surface area contributed by atoms with E-state index in [2.05, 4.69) is 0 Å². The standard InChI is InChI=1S/C24H24N2O7/c1-15(27)32-23-22(19-11-17(26(29)30)9-10-20(19)33-24(23,2)3)25-13-18(12-21(25)28)31-14-16-7-5-4-6-8-16/h4-12,22-23H,13-14H2,1-3H3/t22-,23+/m0/s1. The van der Waals surface area contributed by atoms with E-state index >= 15 is 0 Å². The van der Waals surface area contributed by atoms with E-state index < -0.39 is 28.6 Å². The van der Waals surface area contributed by atoms with Crippen LogP contribution in [0, 0.1) is 10.1 Å². The molecule has 1 amide bonds. The molecule has 2 atom stereocenters. The minimum absolute atomic E-state index is 0.131. The summed E-state index contributed by atoms with van der Waals surface area (Å²) in [5.74, 6) is -0.0294. The van der Waals surface area contributed by atoms with Gasteiger partial charge in [-0.05, 0) is 25.5 Å². The summed E-state index contributed by atoms with van der Waals surface area (Å²) in [5, 5.41) is 11.4. The van der Waals surface area contributed by atoms with Gasteiger partial charge >= 0.3 is 5.97 Å². The van der Waals surface area contributed by atoms with Gasteiger partial charge < -0.3 is 19.1 Å². The molecule has 4 rings (SSSR count). The fourth-order valence-electron chi connectivity index (χ4n) is 4.16. The second kappa shape index (κ2) is 8.57. The number of nitro groups is 1. The van der Waals surface area contributed by atoms with Crippen LogP contribution in [0.2, 0.25) is 0 Å². The molecule has 0 radical (unpaired) electrons. The summed E-state index contributed by atoms with van der Waals surface area (Å²) in [4.78, 5) is 37.3. The monoisotopic (exact) mass is 452 g/mol. The highest BCUT2D eigenvalue weighted by atomic mass is 16.6. The number of amides is 1. The Balaban J connectivity index is 1.67. The van der Waals surface area contributed by atoms with Gasteiger partial charge in [-0.1, -0.05) is 30.3 Å². The third-order valence-electron chi connectivity index (χ3n) is 5.66. The second-order valence-corrected chi connectivity index (χ2v) is 8.51. The molecule has 0 bridgehead atoms. The van der Waals surface area contributed by atoms with Crippen LogP contribution in [-0.4, -0.2) is 39.9 Å². The average molecular weight is 452 g/mol. The number of carbonyl (C=O) groups excluding carboxylic acids is 2. The third-order valence-corrected chi connectivity index (χ3v) is 5.66. The summed E-state index contributed by atoms with van der Waals surface area (Å²) in [5.41, 5.74) is 0.216. The van der Waals surface area contributed by atoms with Gasteiger partial charge in [0.1, 0.15) is 29.8 Å². The zero-order valence-electron chi connectivity index (χ0n) is 18.5. The molecule has 0 unspecified atom stereocenters. The molecule has 0 saturated carbocycles. The Morgan fingerprint density at radius 2 is 1.97 bits per heavy atom. The molecule has 33 heavy (non-hydrogen) atoms. The number of benzene rings is 2. The van der Waals surface area contributed by atoms with Crippen molar-refractivity contribution in [3.8, 4) is 5.75 Å². The zero-order chi connectivity index (χ0) is 23.8. The number of non-ortho nitro benzene ring substituents is 1. The first-order valence-corrected chi connectivity index (χ1v) is 10.5. The maximum absolute atomic E-state index is 13.0. The van der Waals surface area contributed by atoms with Crippen molar-refractivity contribution in [2.45, 2.75) is 45.1 Å². The predicted molar refractivity (Wildman–Crippen MR) is 117 cm³/mol. The number of hydrogen-bond acceptors (Lipinski definition) is 7. The lowest BCUT2D eigenvalue weighted by atomic mass is 9.85. The fraction of sp³-hybridized carbons (Fsp3) is 0.333. The van der Waals surface area contributed by atoms with Crippen molar-refractivity contribution in [3.05, 3.63) is 81.6 Å². The van der Waals surface area contributed by atoms with Gasteiger partial charge in [-0.2, -0.15) is 0 Å². The summed E-state index contributed by atoms with van der Waals surface area (Å²) in [7, 11) is 0. The number of fused-ring (bicyclic) bond motifs is 1. The topological polar surface area (TPSA) is 108 Å². The lowest BCUT2D eigenvalue weighted by Gasteiger charge is -2.46. The number of nitro benzene ring substituents is 1. The van der Waals surface area contributed by atoms with Crippen LogP contribution < -0.4 is 4.74 Å². The average Bonchev–Trinajstić information content (AvgIpc) is 3.12. The molecular formula is C24H24N2O7. The molecule has 0 saturated heterocycles. The Hall–Kier alpha value is -3.88. The first-order valence-electron chi connectivity index (χ1n) is 10.5. The number of carbonyl (C=O) groups is 2. The predicted octanol–water partition coefficient (Wildman–Crippen LogP) is 3.68. The first-order chi connectivity index (χ1) is 15.7. The zero-order valence-corrected chi connectivity index (χ0v) is 18.5.